The molecule has 1 amide bonds. The number of aliphatic carboxylic acids is 1. The zero-order valence-corrected chi connectivity index (χ0v) is 12.6. The first-order chi connectivity index (χ1) is 10.1. The van der Waals surface area contributed by atoms with Crippen molar-refractivity contribution in [2.24, 2.45) is 22.4 Å². The lowest BCUT2D eigenvalue weighted by Crippen LogP contribution is -2.39. The maximum Gasteiger partial charge on any atom is 0.320 e. The molecule has 9 nitrogen and oxygen atoms in total. The predicted molar refractivity (Wildman–Crippen MR) is 76.0 cm³/mol. The minimum atomic E-state index is -4.65. The van der Waals surface area contributed by atoms with Gasteiger partial charge in [0.1, 0.15) is 6.04 Å². The molecule has 2 atom stereocenters. The van der Waals surface area contributed by atoms with Crippen LogP contribution >= 0.6 is 0 Å². The number of carboxylic acid groups (broad SMARTS) is 1. The van der Waals surface area contributed by atoms with Crippen molar-refractivity contribution in [3.05, 3.63) is 0 Å². The standard InChI is InChI=1S/C11H19FN4O5S/c12-22(20,21)6-7-4-9(17)16(5-7)11(14)15-3-1-2-8(13)10(18)19/h7-8H,1-6,13H2,(H2,14,15)(H,18,19). The monoisotopic (exact) mass is 338 g/mol. The van der Waals surface area contributed by atoms with Gasteiger partial charge in [0.15, 0.2) is 5.96 Å². The Morgan fingerprint density at radius 2 is 2.18 bits per heavy atom. The van der Waals surface area contributed by atoms with E-state index < -0.39 is 39.8 Å². The van der Waals surface area contributed by atoms with Crippen LogP contribution in [0.15, 0.2) is 4.99 Å². The second-order valence-electron chi connectivity index (χ2n) is 5.11. The van der Waals surface area contributed by atoms with Gasteiger partial charge in [0.05, 0.1) is 5.75 Å². The molecule has 1 saturated heterocycles. The molecule has 0 spiro atoms. The summed E-state index contributed by atoms with van der Waals surface area (Å²) in [6.45, 7) is 0.175. The van der Waals surface area contributed by atoms with E-state index in [-0.39, 0.29) is 31.9 Å². The molecule has 126 valence electrons. The number of carboxylic acids is 1. The average molecular weight is 338 g/mol. The first-order valence-corrected chi connectivity index (χ1v) is 8.16. The first kappa shape index (κ1) is 18.3. The third-order valence-corrected chi connectivity index (χ3v) is 4.05. The third-order valence-electron chi connectivity index (χ3n) is 3.18. The number of carbonyl (C=O) groups is 2. The van der Waals surface area contributed by atoms with Gasteiger partial charge < -0.3 is 16.6 Å². The number of hydrogen-bond acceptors (Lipinski definition) is 6. The number of aliphatic imine (C=N–C) groups is 1. The van der Waals surface area contributed by atoms with Gasteiger partial charge in [0, 0.05) is 25.4 Å². The van der Waals surface area contributed by atoms with Gasteiger partial charge in [-0.25, -0.2) is 0 Å². The van der Waals surface area contributed by atoms with Crippen LogP contribution in [-0.4, -0.2) is 61.1 Å². The van der Waals surface area contributed by atoms with Crippen LogP contribution in [0, 0.1) is 5.92 Å². The quantitative estimate of drug-likeness (QED) is 0.224. The summed E-state index contributed by atoms with van der Waals surface area (Å²) in [4.78, 5) is 27.2. The van der Waals surface area contributed by atoms with Gasteiger partial charge >= 0.3 is 16.2 Å². The number of amides is 1. The van der Waals surface area contributed by atoms with Crippen molar-refractivity contribution in [2.45, 2.75) is 25.3 Å². The molecule has 11 heteroatoms. The number of carbonyl (C=O) groups excluding carboxylic acids is 1. The fourth-order valence-electron chi connectivity index (χ4n) is 2.11. The molecule has 5 N–H and O–H groups in total. The van der Waals surface area contributed by atoms with Crippen LogP contribution in [0.3, 0.4) is 0 Å². The Kier molecular flexibility index (Phi) is 6.23. The highest BCUT2D eigenvalue weighted by Crippen LogP contribution is 2.19. The molecule has 0 radical (unpaired) electrons. The molecular formula is C11H19FN4O5S. The van der Waals surface area contributed by atoms with Crippen LogP contribution in [0.25, 0.3) is 0 Å². The molecule has 0 aromatic heterocycles. The summed E-state index contributed by atoms with van der Waals surface area (Å²) < 4.78 is 33.8. The Morgan fingerprint density at radius 1 is 1.55 bits per heavy atom. The van der Waals surface area contributed by atoms with E-state index in [1.54, 1.807) is 0 Å². The predicted octanol–water partition coefficient (Wildman–Crippen LogP) is -1.36. The number of rotatable bonds is 7. The van der Waals surface area contributed by atoms with Gasteiger partial charge in [-0.3, -0.25) is 19.5 Å². The van der Waals surface area contributed by atoms with E-state index in [0.717, 1.165) is 4.90 Å². The Balaban J connectivity index is 2.48. The second kappa shape index (κ2) is 7.49. The van der Waals surface area contributed by atoms with Crippen LogP contribution in [0.2, 0.25) is 0 Å². The highest BCUT2D eigenvalue weighted by atomic mass is 32.3. The Labute approximate surface area is 127 Å². The first-order valence-electron chi connectivity index (χ1n) is 6.61. The highest BCUT2D eigenvalue weighted by molar-refractivity contribution is 7.86. The molecule has 0 aromatic carbocycles. The topological polar surface area (TPSA) is 156 Å². The van der Waals surface area contributed by atoms with Crippen LogP contribution in [0.5, 0.6) is 0 Å². The van der Waals surface area contributed by atoms with Gasteiger partial charge in [0.25, 0.3) is 0 Å². The minimum absolute atomic E-state index is 0.00798. The Bertz CT molecular complexity index is 565. The van der Waals surface area contributed by atoms with E-state index in [0.29, 0.717) is 6.42 Å². The van der Waals surface area contributed by atoms with Gasteiger partial charge in [-0.05, 0) is 12.8 Å². The van der Waals surface area contributed by atoms with E-state index in [1.165, 1.54) is 0 Å². The number of nitrogens with two attached hydrogens (primary N) is 2. The summed E-state index contributed by atoms with van der Waals surface area (Å²) in [5, 5.41) is 8.60. The highest BCUT2D eigenvalue weighted by Gasteiger charge is 2.34. The summed E-state index contributed by atoms with van der Waals surface area (Å²) in [6.07, 6.45) is 0.477. The average Bonchev–Trinajstić information content (AvgIpc) is 2.72. The van der Waals surface area contributed by atoms with E-state index in [2.05, 4.69) is 4.99 Å². The van der Waals surface area contributed by atoms with E-state index in [4.69, 9.17) is 16.6 Å². The van der Waals surface area contributed by atoms with Crippen molar-refractivity contribution in [2.75, 3.05) is 18.8 Å². The van der Waals surface area contributed by atoms with Gasteiger partial charge in [0.2, 0.25) is 5.91 Å². The van der Waals surface area contributed by atoms with Gasteiger partial charge in [-0.2, -0.15) is 8.42 Å². The summed E-state index contributed by atoms with van der Waals surface area (Å²) in [5.74, 6) is -3.00. The zero-order valence-electron chi connectivity index (χ0n) is 11.8. The van der Waals surface area contributed by atoms with Crippen molar-refractivity contribution >= 4 is 28.1 Å². The fourth-order valence-corrected chi connectivity index (χ4v) is 2.90. The molecule has 1 aliphatic rings. The lowest BCUT2D eigenvalue weighted by Gasteiger charge is -2.15. The van der Waals surface area contributed by atoms with Crippen LogP contribution in [-0.2, 0) is 19.8 Å². The van der Waals surface area contributed by atoms with Crippen molar-refractivity contribution in [3.63, 3.8) is 0 Å². The van der Waals surface area contributed by atoms with Crippen LogP contribution in [0.1, 0.15) is 19.3 Å². The van der Waals surface area contributed by atoms with Crippen LogP contribution in [0.4, 0.5) is 3.89 Å². The summed E-state index contributed by atoms with van der Waals surface area (Å²) >= 11 is 0. The number of likely N-dealkylation sites (tertiary alicyclic amines) is 1. The van der Waals surface area contributed by atoms with Crippen molar-refractivity contribution in [1.82, 2.24) is 4.90 Å². The smallest absolute Gasteiger partial charge is 0.320 e. The fraction of sp³-hybridized carbons (Fsp3) is 0.727. The van der Waals surface area contributed by atoms with Crippen molar-refractivity contribution in [1.29, 1.82) is 0 Å². The molecule has 22 heavy (non-hydrogen) atoms. The lowest BCUT2D eigenvalue weighted by atomic mass is 10.1. The van der Waals surface area contributed by atoms with Crippen molar-refractivity contribution in [3.8, 4) is 0 Å². The Morgan fingerprint density at radius 3 is 2.73 bits per heavy atom. The molecule has 0 aliphatic carbocycles. The molecule has 1 rings (SSSR count). The molecule has 0 saturated carbocycles. The summed E-state index contributed by atoms with van der Waals surface area (Å²) in [7, 11) is -4.65. The molecule has 1 fully saturated rings. The van der Waals surface area contributed by atoms with E-state index >= 15 is 0 Å². The normalized spacial score (nSPS) is 21.2. The van der Waals surface area contributed by atoms with E-state index in [1.807, 2.05) is 0 Å². The SMILES string of the molecule is NC(=NCCCC(N)C(=O)O)N1CC(CS(=O)(=O)F)CC1=O. The minimum Gasteiger partial charge on any atom is -0.480 e. The van der Waals surface area contributed by atoms with Crippen molar-refractivity contribution < 1.29 is 27.0 Å². The molecule has 0 aromatic rings. The Hall–Kier alpha value is -1.75. The molecule has 1 aliphatic heterocycles. The molecule has 2 unspecified atom stereocenters. The van der Waals surface area contributed by atoms with Gasteiger partial charge in [-0.15, -0.1) is 3.89 Å². The molecular weight excluding hydrogens is 319 g/mol. The largest absolute Gasteiger partial charge is 0.480 e. The lowest BCUT2D eigenvalue weighted by molar-refractivity contribution is -0.138. The van der Waals surface area contributed by atoms with E-state index in [9.17, 15) is 21.9 Å². The molecule has 1 heterocycles. The second-order valence-corrected chi connectivity index (χ2v) is 6.52. The number of hydrogen-bond donors (Lipinski definition) is 3. The number of nitrogens with zero attached hydrogens (tertiary/aromatic N) is 2. The summed E-state index contributed by atoms with van der Waals surface area (Å²) in [6, 6.07) is -0.982. The number of halogens is 1. The number of guanidine groups is 1. The zero-order chi connectivity index (χ0) is 16.9. The van der Waals surface area contributed by atoms with Gasteiger partial charge in [-0.1, -0.05) is 0 Å². The maximum atomic E-state index is 12.6. The molecule has 0 bridgehead atoms. The summed E-state index contributed by atoms with van der Waals surface area (Å²) in [5.41, 5.74) is 11.0. The third kappa shape index (κ3) is 5.93. The van der Waals surface area contributed by atoms with Crippen LogP contribution < -0.4 is 11.5 Å². The maximum absolute atomic E-state index is 12.6.